The van der Waals surface area contributed by atoms with Crippen LogP contribution in [0.4, 0.5) is 15.8 Å². The van der Waals surface area contributed by atoms with Crippen molar-refractivity contribution >= 4 is 17.3 Å². The summed E-state index contributed by atoms with van der Waals surface area (Å²) in [5.41, 5.74) is 1.26. The Labute approximate surface area is 107 Å². The molecule has 0 aromatic heterocycles. The Kier molecular flexibility index (Phi) is 3.84. The first kappa shape index (κ1) is 12.9. The van der Waals surface area contributed by atoms with Crippen molar-refractivity contribution in [3.8, 4) is 0 Å². The van der Waals surface area contributed by atoms with E-state index in [4.69, 9.17) is 0 Å². The van der Waals surface area contributed by atoms with Gasteiger partial charge in [-0.1, -0.05) is 13.8 Å². The number of hydrogen-bond donors (Lipinski definition) is 1. The molecule has 3 nitrogen and oxygen atoms in total. The van der Waals surface area contributed by atoms with Crippen LogP contribution in [0.15, 0.2) is 18.2 Å². The molecule has 1 aromatic rings. The van der Waals surface area contributed by atoms with Gasteiger partial charge in [0, 0.05) is 24.7 Å². The molecule has 98 valence electrons. The maximum absolute atomic E-state index is 13.6. The number of hydrogen-bond acceptors (Lipinski definition) is 2. The van der Waals surface area contributed by atoms with Gasteiger partial charge in [-0.25, -0.2) is 4.39 Å². The standard InChI is InChI=1S/C14H19FN2O/c1-10(2)14(18)16-13-9-11(5-6-12(13)15)17-7-3-4-8-17/h5-6,9-10H,3-4,7-8H2,1-2H3,(H,16,18). The van der Waals surface area contributed by atoms with Crippen molar-refractivity contribution < 1.29 is 9.18 Å². The zero-order valence-corrected chi connectivity index (χ0v) is 10.9. The third-order valence-electron chi connectivity index (χ3n) is 3.20. The van der Waals surface area contributed by atoms with Gasteiger partial charge < -0.3 is 10.2 Å². The summed E-state index contributed by atoms with van der Waals surface area (Å²) < 4.78 is 13.6. The van der Waals surface area contributed by atoms with Crippen LogP contribution in [0.1, 0.15) is 26.7 Å². The van der Waals surface area contributed by atoms with Crippen molar-refractivity contribution in [1.82, 2.24) is 0 Å². The Morgan fingerprint density at radius 3 is 2.61 bits per heavy atom. The van der Waals surface area contributed by atoms with Crippen LogP contribution in [0.3, 0.4) is 0 Å². The van der Waals surface area contributed by atoms with Crippen LogP contribution in [-0.4, -0.2) is 19.0 Å². The molecule has 1 saturated heterocycles. The van der Waals surface area contributed by atoms with Gasteiger partial charge in [0.2, 0.25) is 5.91 Å². The van der Waals surface area contributed by atoms with Gasteiger partial charge in [0.25, 0.3) is 0 Å². The number of nitrogens with zero attached hydrogens (tertiary/aromatic N) is 1. The highest BCUT2D eigenvalue weighted by molar-refractivity contribution is 5.92. The molecular weight excluding hydrogens is 231 g/mol. The van der Waals surface area contributed by atoms with Crippen LogP contribution in [-0.2, 0) is 4.79 Å². The molecule has 4 heteroatoms. The average molecular weight is 250 g/mol. The summed E-state index contributed by atoms with van der Waals surface area (Å²) in [5, 5.41) is 2.63. The van der Waals surface area contributed by atoms with Crippen molar-refractivity contribution in [2.24, 2.45) is 5.92 Å². The smallest absolute Gasteiger partial charge is 0.227 e. The van der Waals surface area contributed by atoms with E-state index >= 15 is 0 Å². The SMILES string of the molecule is CC(C)C(=O)Nc1cc(N2CCCC2)ccc1F. The Morgan fingerprint density at radius 1 is 1.33 bits per heavy atom. The minimum atomic E-state index is -0.382. The van der Waals surface area contributed by atoms with Crippen LogP contribution in [0.25, 0.3) is 0 Å². The number of amides is 1. The second kappa shape index (κ2) is 5.38. The number of carbonyl (C=O) groups is 1. The van der Waals surface area contributed by atoms with Gasteiger partial charge >= 0.3 is 0 Å². The van der Waals surface area contributed by atoms with Crippen molar-refractivity contribution in [3.63, 3.8) is 0 Å². The molecule has 0 spiro atoms. The lowest BCUT2D eigenvalue weighted by atomic mass is 10.2. The van der Waals surface area contributed by atoms with E-state index in [-0.39, 0.29) is 23.3 Å². The number of rotatable bonds is 3. The minimum Gasteiger partial charge on any atom is -0.371 e. The average Bonchev–Trinajstić information content (AvgIpc) is 2.85. The van der Waals surface area contributed by atoms with Crippen LogP contribution in [0.2, 0.25) is 0 Å². The normalized spacial score (nSPS) is 15.2. The number of benzene rings is 1. The third kappa shape index (κ3) is 2.81. The number of carbonyl (C=O) groups excluding carboxylic acids is 1. The largest absolute Gasteiger partial charge is 0.371 e. The Hall–Kier alpha value is -1.58. The summed E-state index contributed by atoms with van der Waals surface area (Å²) >= 11 is 0. The van der Waals surface area contributed by atoms with Crippen molar-refractivity contribution in [1.29, 1.82) is 0 Å². The first-order chi connectivity index (χ1) is 8.58. The Morgan fingerprint density at radius 2 is 2.00 bits per heavy atom. The second-order valence-electron chi connectivity index (χ2n) is 5.00. The number of halogens is 1. The molecule has 1 N–H and O–H groups in total. The van der Waals surface area contributed by atoms with Crippen LogP contribution in [0, 0.1) is 11.7 Å². The van der Waals surface area contributed by atoms with Gasteiger partial charge in [-0.05, 0) is 31.0 Å². The summed E-state index contributed by atoms with van der Waals surface area (Å²) in [7, 11) is 0. The molecule has 18 heavy (non-hydrogen) atoms. The molecule has 0 saturated carbocycles. The Bertz CT molecular complexity index is 439. The fourth-order valence-corrected chi connectivity index (χ4v) is 2.06. The summed E-state index contributed by atoms with van der Waals surface area (Å²) in [6, 6.07) is 4.91. The first-order valence-electron chi connectivity index (χ1n) is 6.43. The fraction of sp³-hybridized carbons (Fsp3) is 0.500. The van der Waals surface area contributed by atoms with Crippen LogP contribution < -0.4 is 10.2 Å². The lowest BCUT2D eigenvalue weighted by Gasteiger charge is -2.19. The molecule has 1 fully saturated rings. The minimum absolute atomic E-state index is 0.153. The molecule has 1 heterocycles. The van der Waals surface area contributed by atoms with Gasteiger partial charge in [0.05, 0.1) is 5.69 Å². The van der Waals surface area contributed by atoms with E-state index in [9.17, 15) is 9.18 Å². The molecule has 0 radical (unpaired) electrons. The molecule has 1 aliphatic heterocycles. The maximum Gasteiger partial charge on any atom is 0.227 e. The van der Waals surface area contributed by atoms with E-state index in [0.717, 1.165) is 18.8 Å². The second-order valence-corrected chi connectivity index (χ2v) is 5.00. The predicted molar refractivity (Wildman–Crippen MR) is 71.3 cm³/mol. The summed E-state index contributed by atoms with van der Waals surface area (Å²) in [5.74, 6) is -0.695. The highest BCUT2D eigenvalue weighted by Crippen LogP contribution is 2.25. The van der Waals surface area contributed by atoms with Crippen LogP contribution >= 0.6 is 0 Å². The maximum atomic E-state index is 13.6. The lowest BCUT2D eigenvalue weighted by Crippen LogP contribution is -2.20. The van der Waals surface area contributed by atoms with Gasteiger partial charge in [0.1, 0.15) is 5.82 Å². The van der Waals surface area contributed by atoms with Gasteiger partial charge in [0.15, 0.2) is 0 Å². The van der Waals surface area contributed by atoms with E-state index in [2.05, 4.69) is 10.2 Å². The fourth-order valence-electron chi connectivity index (χ4n) is 2.06. The van der Waals surface area contributed by atoms with Crippen molar-refractivity contribution in [2.75, 3.05) is 23.3 Å². The molecule has 1 aromatic carbocycles. The van der Waals surface area contributed by atoms with Gasteiger partial charge in [-0.15, -0.1) is 0 Å². The van der Waals surface area contributed by atoms with E-state index in [1.54, 1.807) is 26.0 Å². The molecule has 0 unspecified atom stereocenters. The molecular formula is C14H19FN2O. The van der Waals surface area contributed by atoms with E-state index < -0.39 is 0 Å². The number of anilines is 2. The van der Waals surface area contributed by atoms with Crippen molar-refractivity contribution in [2.45, 2.75) is 26.7 Å². The van der Waals surface area contributed by atoms with E-state index in [1.807, 2.05) is 0 Å². The summed E-state index contributed by atoms with van der Waals surface area (Å²) in [6.45, 7) is 5.58. The van der Waals surface area contributed by atoms with Gasteiger partial charge in [-0.2, -0.15) is 0 Å². The third-order valence-corrected chi connectivity index (χ3v) is 3.20. The topological polar surface area (TPSA) is 32.3 Å². The molecule has 1 amide bonds. The van der Waals surface area contributed by atoms with Crippen molar-refractivity contribution in [3.05, 3.63) is 24.0 Å². The van der Waals surface area contributed by atoms with Crippen LogP contribution in [0.5, 0.6) is 0 Å². The predicted octanol–water partition coefficient (Wildman–Crippen LogP) is 3.02. The van der Waals surface area contributed by atoms with E-state index in [0.29, 0.717) is 0 Å². The lowest BCUT2D eigenvalue weighted by molar-refractivity contribution is -0.118. The highest BCUT2D eigenvalue weighted by Gasteiger charge is 2.15. The molecule has 0 atom stereocenters. The van der Waals surface area contributed by atoms with E-state index in [1.165, 1.54) is 18.9 Å². The van der Waals surface area contributed by atoms with Gasteiger partial charge in [-0.3, -0.25) is 4.79 Å². The first-order valence-corrected chi connectivity index (χ1v) is 6.43. The Balaban J connectivity index is 2.18. The summed E-state index contributed by atoms with van der Waals surface area (Å²) in [4.78, 5) is 13.8. The monoisotopic (exact) mass is 250 g/mol. The molecule has 0 aliphatic carbocycles. The quantitative estimate of drug-likeness (QED) is 0.894. The molecule has 0 bridgehead atoms. The highest BCUT2D eigenvalue weighted by atomic mass is 19.1. The number of nitrogens with one attached hydrogen (secondary N) is 1. The molecule has 1 aliphatic rings. The zero-order chi connectivity index (χ0) is 13.1. The zero-order valence-electron chi connectivity index (χ0n) is 10.9. The summed E-state index contributed by atoms with van der Waals surface area (Å²) in [6.07, 6.45) is 2.34. The molecule has 2 rings (SSSR count).